The van der Waals surface area contributed by atoms with Crippen molar-refractivity contribution in [1.29, 1.82) is 0 Å². The lowest BCUT2D eigenvalue weighted by Crippen LogP contribution is -2.25. The van der Waals surface area contributed by atoms with Gasteiger partial charge in [-0.3, -0.25) is 9.69 Å². The molecule has 0 aromatic heterocycles. The number of esters is 1. The van der Waals surface area contributed by atoms with Crippen molar-refractivity contribution in [3.63, 3.8) is 0 Å². The summed E-state index contributed by atoms with van der Waals surface area (Å²) in [6.45, 7) is 3.93. The van der Waals surface area contributed by atoms with E-state index in [4.69, 9.17) is 9.47 Å². The molecular weight excluding hydrogens is 253 g/mol. The molecule has 0 bridgehead atoms. The highest BCUT2D eigenvalue weighted by Gasteiger charge is 2.21. The zero-order chi connectivity index (χ0) is 14.3. The second kappa shape index (κ2) is 7.56. The van der Waals surface area contributed by atoms with E-state index in [0.29, 0.717) is 13.0 Å². The molecule has 1 atom stereocenters. The first-order valence-corrected chi connectivity index (χ1v) is 6.24. The van der Waals surface area contributed by atoms with Crippen molar-refractivity contribution in [2.75, 3.05) is 13.2 Å². The molecule has 0 aromatic carbocycles. The minimum Gasteiger partial charge on any atom is -0.466 e. The van der Waals surface area contributed by atoms with Gasteiger partial charge >= 0.3 is 12.1 Å². The molecule has 19 heavy (non-hydrogen) atoms. The van der Waals surface area contributed by atoms with Crippen LogP contribution in [0.25, 0.3) is 0 Å². The molecule has 6 heteroatoms. The lowest BCUT2D eigenvalue weighted by Gasteiger charge is -2.21. The highest BCUT2D eigenvalue weighted by molar-refractivity contribution is 5.71. The fourth-order valence-corrected chi connectivity index (χ4v) is 1.61. The summed E-state index contributed by atoms with van der Waals surface area (Å²) in [6.07, 6.45) is 3.88. The molecule has 0 radical (unpaired) electrons. The van der Waals surface area contributed by atoms with Crippen LogP contribution in [0.3, 0.4) is 0 Å². The predicted molar refractivity (Wildman–Crippen MR) is 66.5 cm³/mol. The second-order valence-corrected chi connectivity index (χ2v) is 3.91. The molecule has 0 aromatic rings. The standard InChI is InChI=1S/C13H18FNO4/c1-3-18-12(16)6-5-10-7-8-15(9-11(10)14)13(17)19-4-2/h7-10H,3-6H2,1-2H3. The summed E-state index contributed by atoms with van der Waals surface area (Å²) < 4.78 is 23.3. The first-order chi connectivity index (χ1) is 9.08. The fourth-order valence-electron chi connectivity index (χ4n) is 1.61. The molecule has 0 saturated heterocycles. The third-order valence-corrected chi connectivity index (χ3v) is 2.54. The Kier molecular flexibility index (Phi) is 6.05. The Labute approximate surface area is 111 Å². The summed E-state index contributed by atoms with van der Waals surface area (Å²) in [5, 5.41) is 0. The quantitative estimate of drug-likeness (QED) is 0.721. The van der Waals surface area contributed by atoms with Gasteiger partial charge in [0.25, 0.3) is 0 Å². The first-order valence-electron chi connectivity index (χ1n) is 6.24. The van der Waals surface area contributed by atoms with Crippen LogP contribution in [0.5, 0.6) is 0 Å². The predicted octanol–water partition coefficient (Wildman–Crippen LogP) is 2.74. The molecular formula is C13H18FNO4. The van der Waals surface area contributed by atoms with Gasteiger partial charge in [0.1, 0.15) is 5.83 Å². The van der Waals surface area contributed by atoms with E-state index >= 15 is 0 Å². The van der Waals surface area contributed by atoms with Gasteiger partial charge in [0.05, 0.1) is 13.2 Å². The second-order valence-electron chi connectivity index (χ2n) is 3.91. The summed E-state index contributed by atoms with van der Waals surface area (Å²) in [4.78, 5) is 23.6. The molecule has 1 aliphatic heterocycles. The zero-order valence-electron chi connectivity index (χ0n) is 11.1. The number of ether oxygens (including phenoxy) is 2. The third kappa shape index (κ3) is 4.73. The van der Waals surface area contributed by atoms with Crippen molar-refractivity contribution in [3.05, 3.63) is 24.3 Å². The van der Waals surface area contributed by atoms with Gasteiger partial charge in [-0.1, -0.05) is 6.08 Å². The number of rotatable bonds is 5. The zero-order valence-corrected chi connectivity index (χ0v) is 11.1. The van der Waals surface area contributed by atoms with Crippen molar-refractivity contribution in [3.8, 4) is 0 Å². The molecule has 0 aliphatic carbocycles. The highest BCUT2D eigenvalue weighted by Crippen LogP contribution is 2.25. The molecule has 0 spiro atoms. The molecule has 0 N–H and O–H groups in total. The molecule has 1 aliphatic rings. The van der Waals surface area contributed by atoms with E-state index < -0.39 is 17.8 Å². The molecule has 1 unspecified atom stereocenters. The summed E-state index contributed by atoms with van der Waals surface area (Å²) >= 11 is 0. The molecule has 106 valence electrons. The minimum absolute atomic E-state index is 0.142. The largest absolute Gasteiger partial charge is 0.466 e. The van der Waals surface area contributed by atoms with Crippen LogP contribution >= 0.6 is 0 Å². The molecule has 1 rings (SSSR count). The molecule has 5 nitrogen and oxygen atoms in total. The summed E-state index contributed by atoms with van der Waals surface area (Å²) in [6, 6.07) is 0. The number of nitrogens with zero attached hydrogens (tertiary/aromatic N) is 1. The Balaban J connectivity index is 2.49. The van der Waals surface area contributed by atoms with Gasteiger partial charge in [0, 0.05) is 24.7 Å². The maximum absolute atomic E-state index is 13.7. The number of carbonyl (C=O) groups excluding carboxylic acids is 2. The van der Waals surface area contributed by atoms with E-state index in [2.05, 4.69) is 0 Å². The van der Waals surface area contributed by atoms with E-state index in [9.17, 15) is 14.0 Å². The van der Waals surface area contributed by atoms with Crippen LogP contribution in [0.1, 0.15) is 26.7 Å². The van der Waals surface area contributed by atoms with Gasteiger partial charge < -0.3 is 9.47 Å². The van der Waals surface area contributed by atoms with Crippen molar-refractivity contribution in [2.24, 2.45) is 5.92 Å². The van der Waals surface area contributed by atoms with Crippen LogP contribution < -0.4 is 0 Å². The van der Waals surface area contributed by atoms with Crippen molar-refractivity contribution < 1.29 is 23.5 Å². The first kappa shape index (κ1) is 15.2. The number of hydrogen-bond acceptors (Lipinski definition) is 4. The fraction of sp³-hybridized carbons (Fsp3) is 0.538. The minimum atomic E-state index is -0.627. The van der Waals surface area contributed by atoms with Gasteiger partial charge in [0.2, 0.25) is 0 Å². The van der Waals surface area contributed by atoms with Gasteiger partial charge in [0.15, 0.2) is 0 Å². The Hall–Kier alpha value is -1.85. The number of carbonyl (C=O) groups is 2. The van der Waals surface area contributed by atoms with E-state index in [-0.39, 0.29) is 19.0 Å². The molecule has 1 amide bonds. The highest BCUT2D eigenvalue weighted by atomic mass is 19.1. The van der Waals surface area contributed by atoms with Crippen molar-refractivity contribution in [1.82, 2.24) is 4.90 Å². The molecule has 0 saturated carbocycles. The molecule has 1 heterocycles. The number of allylic oxidation sites excluding steroid dienone is 2. The average molecular weight is 271 g/mol. The molecule has 0 fully saturated rings. The third-order valence-electron chi connectivity index (χ3n) is 2.54. The number of amides is 1. The van der Waals surface area contributed by atoms with E-state index in [1.54, 1.807) is 13.8 Å². The average Bonchev–Trinajstić information content (AvgIpc) is 2.38. The van der Waals surface area contributed by atoms with Gasteiger partial charge in [-0.25, -0.2) is 9.18 Å². The maximum atomic E-state index is 13.7. The summed E-state index contributed by atoms with van der Waals surface area (Å²) in [5.41, 5.74) is 0. The van der Waals surface area contributed by atoms with E-state index in [1.165, 1.54) is 12.3 Å². The Morgan fingerprint density at radius 3 is 2.58 bits per heavy atom. The Morgan fingerprint density at radius 2 is 2.00 bits per heavy atom. The SMILES string of the molecule is CCOC(=O)CCC1C=CN(C(=O)OCC)C=C1F. The summed E-state index contributed by atoms with van der Waals surface area (Å²) in [7, 11) is 0. The van der Waals surface area contributed by atoms with Crippen LogP contribution in [-0.4, -0.2) is 30.2 Å². The van der Waals surface area contributed by atoms with E-state index in [1.807, 2.05) is 0 Å². The lowest BCUT2D eigenvalue weighted by molar-refractivity contribution is -0.143. The van der Waals surface area contributed by atoms with Crippen LogP contribution in [0.4, 0.5) is 9.18 Å². The van der Waals surface area contributed by atoms with Crippen LogP contribution in [0.15, 0.2) is 24.3 Å². The topological polar surface area (TPSA) is 55.8 Å². The van der Waals surface area contributed by atoms with E-state index in [0.717, 1.165) is 11.1 Å². The smallest absolute Gasteiger partial charge is 0.418 e. The van der Waals surface area contributed by atoms with Crippen molar-refractivity contribution in [2.45, 2.75) is 26.7 Å². The van der Waals surface area contributed by atoms with Gasteiger partial charge in [-0.2, -0.15) is 0 Å². The van der Waals surface area contributed by atoms with Crippen LogP contribution in [-0.2, 0) is 14.3 Å². The van der Waals surface area contributed by atoms with Crippen LogP contribution in [0, 0.1) is 5.92 Å². The van der Waals surface area contributed by atoms with Gasteiger partial charge in [-0.15, -0.1) is 0 Å². The Bertz CT molecular complexity index is 392. The van der Waals surface area contributed by atoms with Gasteiger partial charge in [-0.05, 0) is 20.3 Å². The maximum Gasteiger partial charge on any atom is 0.418 e. The number of halogens is 1. The monoisotopic (exact) mass is 271 g/mol. The summed E-state index contributed by atoms with van der Waals surface area (Å²) in [5.74, 6) is -1.33. The Morgan fingerprint density at radius 1 is 1.32 bits per heavy atom. The van der Waals surface area contributed by atoms with Crippen molar-refractivity contribution >= 4 is 12.1 Å². The normalized spacial score (nSPS) is 17.9. The lowest BCUT2D eigenvalue weighted by atomic mass is 10.0. The van der Waals surface area contributed by atoms with Crippen LogP contribution in [0.2, 0.25) is 0 Å². The number of hydrogen-bond donors (Lipinski definition) is 0.